The number of benzene rings is 1. The van der Waals surface area contributed by atoms with Gasteiger partial charge in [0.25, 0.3) is 0 Å². The van der Waals surface area contributed by atoms with E-state index in [-0.39, 0.29) is 23.3 Å². The van der Waals surface area contributed by atoms with Crippen LogP contribution in [0.1, 0.15) is 52.2 Å². The number of rotatable bonds is 9. The van der Waals surface area contributed by atoms with Gasteiger partial charge in [0.1, 0.15) is 4.88 Å². The van der Waals surface area contributed by atoms with Crippen LogP contribution >= 0.6 is 46.1 Å². The Kier molecular flexibility index (Phi) is 8.29. The molecule has 7 heteroatoms. The minimum absolute atomic E-state index is 0.00599. The Morgan fingerprint density at radius 1 is 1.03 bits per heavy atom. The maximum absolute atomic E-state index is 11.0. The lowest BCUT2D eigenvalue weighted by Gasteiger charge is -2.23. The van der Waals surface area contributed by atoms with Gasteiger partial charge in [-0.15, -0.1) is 22.9 Å². The zero-order chi connectivity index (χ0) is 21.0. The first-order valence-electron chi connectivity index (χ1n) is 9.92. The largest absolute Gasteiger partial charge is 0.477 e. The van der Waals surface area contributed by atoms with Gasteiger partial charge >= 0.3 is 5.97 Å². The number of aliphatic hydroxyl groups is 1. The number of carboxylic acids is 1. The smallest absolute Gasteiger partial charge is 0.345 e. The van der Waals surface area contributed by atoms with Gasteiger partial charge in [0.2, 0.25) is 0 Å². The van der Waals surface area contributed by atoms with E-state index in [0.29, 0.717) is 21.3 Å². The summed E-state index contributed by atoms with van der Waals surface area (Å²) in [7, 11) is 0. The van der Waals surface area contributed by atoms with Crippen molar-refractivity contribution in [2.75, 3.05) is 0 Å². The maximum atomic E-state index is 11.0. The standard InChI is InChI=1S/C22H25Cl3O3S/c23-14-9-13(10-15(24)11-14)3-1-6-18-17(19(25)12-20(18)26)5-2-4-16-7-8-21(29-16)22(27)28/h7-11,17-20,26H,1-6,12H2,(H,27,28)/t17-,18?,19?,20-/m1/s1. The molecule has 0 radical (unpaired) electrons. The van der Waals surface area contributed by atoms with Crippen LogP contribution in [0.25, 0.3) is 0 Å². The molecule has 1 fully saturated rings. The summed E-state index contributed by atoms with van der Waals surface area (Å²) in [6.07, 6.45) is 5.76. The third-order valence-electron chi connectivity index (χ3n) is 5.73. The molecule has 1 aromatic heterocycles. The van der Waals surface area contributed by atoms with Crippen molar-refractivity contribution in [1.29, 1.82) is 0 Å². The summed E-state index contributed by atoms with van der Waals surface area (Å²) in [6.45, 7) is 0. The fourth-order valence-corrected chi connectivity index (χ4v) is 6.33. The van der Waals surface area contributed by atoms with Crippen molar-refractivity contribution in [3.05, 3.63) is 55.7 Å². The molecule has 1 aliphatic rings. The van der Waals surface area contributed by atoms with E-state index in [4.69, 9.17) is 39.9 Å². The first-order chi connectivity index (χ1) is 13.8. The minimum Gasteiger partial charge on any atom is -0.477 e. The molecule has 0 bridgehead atoms. The fraction of sp³-hybridized carbons (Fsp3) is 0.500. The SMILES string of the molecule is O=C(O)c1ccc(CCC[C@H]2C(Cl)C[C@@H](O)C2CCCc2cc(Cl)cc(Cl)c2)s1. The molecule has 0 saturated heterocycles. The molecule has 2 N–H and O–H groups in total. The lowest BCUT2D eigenvalue weighted by Crippen LogP contribution is -2.21. The highest BCUT2D eigenvalue weighted by atomic mass is 35.5. The van der Waals surface area contributed by atoms with Crippen molar-refractivity contribution in [2.45, 2.75) is 56.4 Å². The molecule has 1 aliphatic carbocycles. The summed E-state index contributed by atoms with van der Waals surface area (Å²) in [5.41, 5.74) is 1.11. The van der Waals surface area contributed by atoms with Crippen molar-refractivity contribution < 1.29 is 15.0 Å². The quantitative estimate of drug-likeness (QED) is 0.397. The van der Waals surface area contributed by atoms with Gasteiger partial charge in [-0.05, 0) is 92.7 Å². The van der Waals surface area contributed by atoms with E-state index >= 15 is 0 Å². The average Bonchev–Trinajstić information content (AvgIpc) is 3.20. The molecule has 0 amide bonds. The van der Waals surface area contributed by atoms with Gasteiger partial charge in [-0.3, -0.25) is 0 Å². The van der Waals surface area contributed by atoms with Crippen LogP contribution in [-0.4, -0.2) is 27.7 Å². The Morgan fingerprint density at radius 2 is 1.69 bits per heavy atom. The van der Waals surface area contributed by atoms with E-state index in [1.54, 1.807) is 12.1 Å². The van der Waals surface area contributed by atoms with Crippen molar-refractivity contribution in [1.82, 2.24) is 0 Å². The van der Waals surface area contributed by atoms with E-state index in [1.165, 1.54) is 11.3 Å². The summed E-state index contributed by atoms with van der Waals surface area (Å²) in [5.74, 6) is -0.388. The van der Waals surface area contributed by atoms with Crippen molar-refractivity contribution >= 4 is 52.1 Å². The van der Waals surface area contributed by atoms with Gasteiger partial charge in [-0.1, -0.05) is 23.2 Å². The second-order valence-corrected chi connectivity index (χ2v) is 10.4. The van der Waals surface area contributed by atoms with Gasteiger partial charge in [0.15, 0.2) is 0 Å². The molecule has 4 atom stereocenters. The normalized spacial score (nSPS) is 24.1. The van der Waals surface area contributed by atoms with Crippen LogP contribution in [0, 0.1) is 11.8 Å². The number of aromatic carboxylic acids is 1. The van der Waals surface area contributed by atoms with Gasteiger partial charge in [-0.2, -0.15) is 0 Å². The molecule has 3 rings (SSSR count). The number of aryl methyl sites for hydroxylation is 2. The third kappa shape index (κ3) is 6.35. The first-order valence-corrected chi connectivity index (χ1v) is 11.9. The number of hydrogen-bond acceptors (Lipinski definition) is 3. The molecule has 1 aromatic carbocycles. The molecule has 2 unspecified atom stereocenters. The monoisotopic (exact) mass is 474 g/mol. The third-order valence-corrected chi connectivity index (χ3v) is 7.81. The summed E-state index contributed by atoms with van der Waals surface area (Å²) in [4.78, 5) is 12.5. The second-order valence-electron chi connectivity index (χ2n) is 7.78. The van der Waals surface area contributed by atoms with Crippen LogP contribution in [0.2, 0.25) is 10.0 Å². The molecule has 3 nitrogen and oxygen atoms in total. The predicted octanol–water partition coefficient (Wildman–Crippen LogP) is 6.70. The molecule has 2 aromatic rings. The van der Waals surface area contributed by atoms with Gasteiger partial charge in [0.05, 0.1) is 6.10 Å². The van der Waals surface area contributed by atoms with Crippen LogP contribution in [0.5, 0.6) is 0 Å². The van der Waals surface area contributed by atoms with Gasteiger partial charge in [0, 0.05) is 20.3 Å². The van der Waals surface area contributed by atoms with Gasteiger partial charge < -0.3 is 10.2 Å². The van der Waals surface area contributed by atoms with Crippen LogP contribution in [0.15, 0.2) is 30.3 Å². The van der Waals surface area contributed by atoms with Crippen molar-refractivity contribution in [2.24, 2.45) is 11.8 Å². The summed E-state index contributed by atoms with van der Waals surface area (Å²) >= 11 is 20.0. The summed E-state index contributed by atoms with van der Waals surface area (Å²) < 4.78 is 0. The Morgan fingerprint density at radius 3 is 2.34 bits per heavy atom. The van der Waals surface area contributed by atoms with Crippen LogP contribution in [0.4, 0.5) is 0 Å². The van der Waals surface area contributed by atoms with Crippen molar-refractivity contribution in [3.8, 4) is 0 Å². The lowest BCUT2D eigenvalue weighted by atomic mass is 9.85. The summed E-state index contributed by atoms with van der Waals surface area (Å²) in [6, 6.07) is 9.16. The zero-order valence-electron chi connectivity index (χ0n) is 16.0. The lowest BCUT2D eigenvalue weighted by molar-refractivity contribution is 0.0702. The molecule has 29 heavy (non-hydrogen) atoms. The Balaban J connectivity index is 1.50. The van der Waals surface area contributed by atoms with E-state index in [0.717, 1.165) is 49.0 Å². The van der Waals surface area contributed by atoms with E-state index in [9.17, 15) is 9.90 Å². The molecule has 158 valence electrons. The van der Waals surface area contributed by atoms with Crippen LogP contribution in [0.3, 0.4) is 0 Å². The number of aliphatic hydroxyl groups excluding tert-OH is 1. The molecule has 1 heterocycles. The second kappa shape index (κ2) is 10.5. The Hall–Kier alpha value is -0.780. The number of thiophene rings is 1. The number of carbonyl (C=O) groups is 1. The van der Waals surface area contributed by atoms with E-state index in [1.807, 2.05) is 18.2 Å². The topological polar surface area (TPSA) is 57.5 Å². The highest BCUT2D eigenvalue weighted by molar-refractivity contribution is 7.13. The highest BCUT2D eigenvalue weighted by Crippen LogP contribution is 2.42. The molecular weight excluding hydrogens is 451 g/mol. The van der Waals surface area contributed by atoms with E-state index < -0.39 is 5.97 Å². The molecule has 0 spiro atoms. The van der Waals surface area contributed by atoms with Crippen LogP contribution in [-0.2, 0) is 12.8 Å². The molecule has 0 aliphatic heterocycles. The number of carboxylic acid groups (broad SMARTS) is 1. The maximum Gasteiger partial charge on any atom is 0.345 e. The highest BCUT2D eigenvalue weighted by Gasteiger charge is 2.40. The van der Waals surface area contributed by atoms with Crippen LogP contribution < -0.4 is 0 Å². The molecule has 1 saturated carbocycles. The zero-order valence-corrected chi connectivity index (χ0v) is 19.1. The molecular formula is C22H25Cl3O3S. The number of alkyl halides is 1. The van der Waals surface area contributed by atoms with Crippen molar-refractivity contribution in [3.63, 3.8) is 0 Å². The van der Waals surface area contributed by atoms with E-state index in [2.05, 4.69) is 0 Å². The predicted molar refractivity (Wildman–Crippen MR) is 121 cm³/mol. The van der Waals surface area contributed by atoms with Gasteiger partial charge in [-0.25, -0.2) is 4.79 Å². The number of hydrogen-bond donors (Lipinski definition) is 2. The average molecular weight is 476 g/mol. The minimum atomic E-state index is -0.873. The Labute approximate surface area is 190 Å². The first kappa shape index (κ1) is 22.9. The fourth-order valence-electron chi connectivity index (χ4n) is 4.37. The Bertz CT molecular complexity index is 818. The summed E-state index contributed by atoms with van der Waals surface area (Å²) in [5, 5.41) is 20.8. The number of halogens is 3.